The van der Waals surface area contributed by atoms with Crippen molar-refractivity contribution in [2.75, 3.05) is 32.8 Å². The number of fused-ring (bicyclic) bond motifs is 2. The normalized spacial score (nSPS) is 35.0. The summed E-state index contributed by atoms with van der Waals surface area (Å²) in [5.74, 6) is -3.32. The largest absolute Gasteiger partial charge is 0.481 e. The summed E-state index contributed by atoms with van der Waals surface area (Å²) in [5.41, 5.74) is -2.05. The van der Waals surface area contributed by atoms with Crippen LogP contribution in [0.15, 0.2) is 0 Å². The fourth-order valence-corrected chi connectivity index (χ4v) is 3.49. The van der Waals surface area contributed by atoms with Crippen molar-refractivity contribution >= 4 is 11.9 Å². The van der Waals surface area contributed by atoms with Gasteiger partial charge in [0, 0.05) is 19.0 Å². The summed E-state index contributed by atoms with van der Waals surface area (Å²) in [6.07, 6.45) is -4.90. The van der Waals surface area contributed by atoms with Crippen molar-refractivity contribution in [3.05, 3.63) is 0 Å². The Hall–Kier alpha value is -1.35. The molecule has 6 nitrogen and oxygen atoms in total. The van der Waals surface area contributed by atoms with Gasteiger partial charge < -0.3 is 20.1 Å². The second kappa shape index (κ2) is 3.85. The number of ether oxygens (including phenoxy) is 1. The summed E-state index contributed by atoms with van der Waals surface area (Å²) in [7, 11) is 0. The van der Waals surface area contributed by atoms with Crippen LogP contribution in [0.25, 0.3) is 0 Å². The van der Waals surface area contributed by atoms with Crippen molar-refractivity contribution in [1.82, 2.24) is 10.2 Å². The number of carbonyl (C=O) groups excluding carboxylic acids is 1. The van der Waals surface area contributed by atoms with Crippen molar-refractivity contribution in [3.63, 3.8) is 0 Å². The summed E-state index contributed by atoms with van der Waals surface area (Å²) in [5, 5.41) is 12.3. The molecule has 0 aromatic rings. The van der Waals surface area contributed by atoms with E-state index < -0.39 is 35.0 Å². The topological polar surface area (TPSA) is 78.9 Å². The Balaban J connectivity index is 1.76. The van der Waals surface area contributed by atoms with Gasteiger partial charge in [0.25, 0.3) is 0 Å². The predicted octanol–water partition coefficient (Wildman–Crippen LogP) is -0.550. The van der Waals surface area contributed by atoms with Gasteiger partial charge in [0.2, 0.25) is 0 Å². The van der Waals surface area contributed by atoms with Crippen LogP contribution in [0.1, 0.15) is 0 Å². The van der Waals surface area contributed by atoms with Gasteiger partial charge in [-0.1, -0.05) is 0 Å². The molecule has 0 aliphatic carbocycles. The number of amides is 1. The minimum absolute atomic E-state index is 0.0337. The van der Waals surface area contributed by atoms with E-state index in [-0.39, 0.29) is 26.2 Å². The zero-order valence-corrected chi connectivity index (χ0v) is 10.4. The Morgan fingerprint density at radius 3 is 2.55 bits per heavy atom. The molecular formula is C11H13F3N2O4. The summed E-state index contributed by atoms with van der Waals surface area (Å²) >= 11 is 0. The van der Waals surface area contributed by atoms with Crippen LogP contribution in [-0.2, 0) is 14.3 Å². The van der Waals surface area contributed by atoms with Crippen molar-refractivity contribution < 1.29 is 32.6 Å². The zero-order valence-electron chi connectivity index (χ0n) is 10.4. The number of aliphatic carboxylic acids is 1. The van der Waals surface area contributed by atoms with Crippen LogP contribution in [0, 0.1) is 11.3 Å². The van der Waals surface area contributed by atoms with Crippen LogP contribution in [0.3, 0.4) is 0 Å². The lowest BCUT2D eigenvalue weighted by Crippen LogP contribution is -2.69. The second-order valence-electron chi connectivity index (χ2n) is 5.66. The molecular weight excluding hydrogens is 281 g/mol. The zero-order chi connectivity index (χ0) is 14.8. The average Bonchev–Trinajstić information content (AvgIpc) is 2.81. The number of alkyl halides is 3. The molecule has 0 bridgehead atoms. The van der Waals surface area contributed by atoms with Crippen LogP contribution < -0.4 is 5.32 Å². The Kier molecular flexibility index (Phi) is 2.62. The highest BCUT2D eigenvalue weighted by Crippen LogP contribution is 2.51. The molecule has 1 amide bonds. The number of likely N-dealkylation sites (tertiary alicyclic amines) is 1. The minimum Gasteiger partial charge on any atom is -0.481 e. The minimum atomic E-state index is -4.90. The van der Waals surface area contributed by atoms with Crippen molar-refractivity contribution in [2.24, 2.45) is 11.3 Å². The maximum atomic E-state index is 12.3. The maximum absolute atomic E-state index is 12.3. The van der Waals surface area contributed by atoms with E-state index in [0.717, 1.165) is 0 Å². The number of nitrogens with zero attached hydrogens (tertiary/aromatic N) is 1. The van der Waals surface area contributed by atoms with Crippen LogP contribution in [0.5, 0.6) is 0 Å². The number of carboxylic acid groups (broad SMARTS) is 1. The van der Waals surface area contributed by atoms with Crippen LogP contribution >= 0.6 is 0 Å². The fraction of sp³-hybridized carbons (Fsp3) is 0.818. The number of hydrogen-bond acceptors (Lipinski definition) is 4. The van der Waals surface area contributed by atoms with Gasteiger partial charge in [0.1, 0.15) is 11.0 Å². The molecule has 0 radical (unpaired) electrons. The van der Waals surface area contributed by atoms with E-state index in [9.17, 15) is 27.9 Å². The molecule has 0 unspecified atom stereocenters. The lowest BCUT2D eigenvalue weighted by atomic mass is 9.69. The fourth-order valence-electron chi connectivity index (χ4n) is 3.49. The molecule has 3 rings (SSSR count). The molecule has 3 fully saturated rings. The molecule has 20 heavy (non-hydrogen) atoms. The van der Waals surface area contributed by atoms with Gasteiger partial charge in [-0.25, -0.2) is 0 Å². The highest BCUT2D eigenvalue weighted by Gasteiger charge is 2.69. The standard InChI is InChI=1S/C11H13F3N2O4/c12-11(13,14)7(17)16-3-10(4-16)6-1-15-2-9(6,5-20-10)8(18)19/h6,15H,1-5H2,(H,18,19)/t6-,9+/m1/s1. The summed E-state index contributed by atoms with van der Waals surface area (Å²) in [6.45, 7) is 0.176. The van der Waals surface area contributed by atoms with Gasteiger partial charge in [0.05, 0.1) is 19.7 Å². The van der Waals surface area contributed by atoms with E-state index in [1.165, 1.54) is 0 Å². The van der Waals surface area contributed by atoms with Crippen LogP contribution in [0.2, 0.25) is 0 Å². The SMILES string of the molecule is O=C(N1CC2(C1)OC[C@@]1(C(=O)O)CNC[C@@H]21)C(F)(F)F. The van der Waals surface area contributed by atoms with Gasteiger partial charge in [0.15, 0.2) is 0 Å². The lowest BCUT2D eigenvalue weighted by molar-refractivity contribution is -0.207. The molecule has 0 aromatic carbocycles. The first-order valence-electron chi connectivity index (χ1n) is 6.15. The Morgan fingerprint density at radius 1 is 1.35 bits per heavy atom. The van der Waals surface area contributed by atoms with Gasteiger partial charge in [-0.3, -0.25) is 9.59 Å². The predicted molar refractivity (Wildman–Crippen MR) is 57.7 cm³/mol. The third-order valence-electron chi connectivity index (χ3n) is 4.58. The van der Waals surface area contributed by atoms with Crippen molar-refractivity contribution in [1.29, 1.82) is 0 Å². The third-order valence-corrected chi connectivity index (χ3v) is 4.58. The molecule has 3 aliphatic heterocycles. The molecule has 9 heteroatoms. The van der Waals surface area contributed by atoms with Gasteiger partial charge in [-0.2, -0.15) is 13.2 Å². The van der Waals surface area contributed by atoms with E-state index in [0.29, 0.717) is 11.4 Å². The van der Waals surface area contributed by atoms with E-state index in [2.05, 4.69) is 5.32 Å². The maximum Gasteiger partial charge on any atom is 0.471 e. The van der Waals surface area contributed by atoms with E-state index in [4.69, 9.17) is 4.74 Å². The second-order valence-corrected chi connectivity index (χ2v) is 5.66. The molecule has 0 aromatic heterocycles. The Labute approximate surface area is 111 Å². The number of carbonyl (C=O) groups is 2. The van der Waals surface area contributed by atoms with Gasteiger partial charge in [-0.15, -0.1) is 0 Å². The smallest absolute Gasteiger partial charge is 0.471 e. The van der Waals surface area contributed by atoms with Gasteiger partial charge >= 0.3 is 18.1 Å². The van der Waals surface area contributed by atoms with Crippen LogP contribution in [0.4, 0.5) is 13.2 Å². The molecule has 112 valence electrons. The Bertz CT molecular complexity index is 475. The molecule has 2 N–H and O–H groups in total. The van der Waals surface area contributed by atoms with Crippen molar-refractivity contribution in [2.45, 2.75) is 11.8 Å². The highest BCUT2D eigenvalue weighted by molar-refractivity contribution is 5.83. The summed E-state index contributed by atoms with van der Waals surface area (Å²) in [6, 6.07) is 0. The number of hydrogen-bond donors (Lipinski definition) is 2. The monoisotopic (exact) mass is 294 g/mol. The molecule has 1 spiro atoms. The average molecular weight is 294 g/mol. The highest BCUT2D eigenvalue weighted by atomic mass is 19.4. The molecule has 2 atom stereocenters. The quantitative estimate of drug-likeness (QED) is 0.678. The van der Waals surface area contributed by atoms with E-state index >= 15 is 0 Å². The number of rotatable bonds is 1. The van der Waals surface area contributed by atoms with E-state index in [1.54, 1.807) is 0 Å². The Morgan fingerprint density at radius 2 is 2.00 bits per heavy atom. The lowest BCUT2D eigenvalue weighted by Gasteiger charge is -2.50. The molecule has 3 saturated heterocycles. The number of halogens is 3. The molecule has 3 heterocycles. The molecule has 3 aliphatic rings. The van der Waals surface area contributed by atoms with Gasteiger partial charge in [-0.05, 0) is 0 Å². The third kappa shape index (κ3) is 1.59. The molecule has 0 saturated carbocycles. The number of nitrogens with one attached hydrogen (secondary N) is 1. The van der Waals surface area contributed by atoms with Crippen LogP contribution in [-0.4, -0.2) is 66.4 Å². The first-order valence-corrected chi connectivity index (χ1v) is 6.15. The van der Waals surface area contributed by atoms with Crippen molar-refractivity contribution in [3.8, 4) is 0 Å². The first-order chi connectivity index (χ1) is 9.21. The van der Waals surface area contributed by atoms with E-state index in [1.807, 2.05) is 0 Å². The summed E-state index contributed by atoms with van der Waals surface area (Å²) in [4.78, 5) is 23.2. The number of carboxylic acids is 1. The first kappa shape index (κ1) is 13.6. The summed E-state index contributed by atoms with van der Waals surface area (Å²) < 4.78 is 42.5.